The highest BCUT2D eigenvalue weighted by molar-refractivity contribution is 5.95. The van der Waals surface area contributed by atoms with E-state index in [2.05, 4.69) is 19.9 Å². The summed E-state index contributed by atoms with van der Waals surface area (Å²) in [6.45, 7) is 2.34. The Morgan fingerprint density at radius 2 is 2.11 bits per heavy atom. The van der Waals surface area contributed by atoms with Crippen molar-refractivity contribution in [2.75, 3.05) is 0 Å². The molecule has 0 aliphatic heterocycles. The maximum Gasteiger partial charge on any atom is 0.425 e. The van der Waals surface area contributed by atoms with Gasteiger partial charge in [-0.3, -0.25) is 0 Å². The molecule has 0 amide bonds. The molecule has 0 fully saturated rings. The van der Waals surface area contributed by atoms with Crippen LogP contribution in [0, 0.1) is 6.92 Å². The zero-order chi connectivity index (χ0) is 13.9. The average Bonchev–Trinajstić information content (AvgIpc) is 2.25. The van der Waals surface area contributed by atoms with E-state index in [1.807, 2.05) is 0 Å². The van der Waals surface area contributed by atoms with Gasteiger partial charge >= 0.3 is 12.2 Å². The number of hydrogen-bond donors (Lipinski definition) is 2. The number of alkyl halides is 3. The van der Waals surface area contributed by atoms with E-state index in [9.17, 15) is 13.2 Å². The number of ether oxygens (including phenoxy) is 1. The molecule has 1 aromatic rings. The molecule has 0 spiro atoms. The van der Waals surface area contributed by atoms with Crippen molar-refractivity contribution in [2.45, 2.75) is 26.1 Å². The highest BCUT2D eigenvalue weighted by atomic mass is 19.4. The fourth-order valence-electron chi connectivity index (χ4n) is 1.00. The number of halogens is 3. The van der Waals surface area contributed by atoms with Crippen LogP contribution in [0.4, 0.5) is 13.2 Å². The first-order valence-electron chi connectivity index (χ1n) is 4.81. The summed E-state index contributed by atoms with van der Waals surface area (Å²) in [5, 5.41) is 11.2. The van der Waals surface area contributed by atoms with Crippen LogP contribution in [0.1, 0.15) is 18.3 Å². The van der Waals surface area contributed by atoms with Crippen LogP contribution in [-0.4, -0.2) is 33.3 Å². The molecule has 0 aliphatic rings. The summed E-state index contributed by atoms with van der Waals surface area (Å²) >= 11 is 0. The van der Waals surface area contributed by atoms with Crippen LogP contribution in [0.3, 0.4) is 0 Å². The van der Waals surface area contributed by atoms with Crippen LogP contribution in [0.5, 0.6) is 6.01 Å². The number of nitrogens with two attached hydrogens (primary N) is 1. The van der Waals surface area contributed by atoms with Crippen molar-refractivity contribution in [3.63, 3.8) is 0 Å². The Morgan fingerprint density at radius 1 is 1.50 bits per heavy atom. The lowest BCUT2D eigenvalue weighted by Crippen LogP contribution is -2.32. The molecule has 18 heavy (non-hydrogen) atoms. The predicted molar refractivity (Wildman–Crippen MR) is 55.4 cm³/mol. The number of aromatic nitrogens is 2. The molecule has 1 heterocycles. The highest BCUT2D eigenvalue weighted by Gasteiger charge is 2.38. The third-order valence-corrected chi connectivity index (χ3v) is 1.95. The van der Waals surface area contributed by atoms with E-state index >= 15 is 0 Å². The summed E-state index contributed by atoms with van der Waals surface area (Å²) in [4.78, 5) is 7.29. The Bertz CT molecular complexity index is 462. The van der Waals surface area contributed by atoms with Gasteiger partial charge in [0.05, 0.1) is 0 Å². The van der Waals surface area contributed by atoms with Crippen LogP contribution in [-0.2, 0) is 0 Å². The van der Waals surface area contributed by atoms with Gasteiger partial charge in [0.15, 0.2) is 11.9 Å². The molecule has 0 aromatic carbocycles. The zero-order valence-electron chi connectivity index (χ0n) is 9.56. The van der Waals surface area contributed by atoms with Gasteiger partial charge in [-0.05, 0) is 19.9 Å². The lowest BCUT2D eigenvalue weighted by atomic mass is 10.3. The molecule has 1 unspecified atom stereocenters. The molecule has 3 N–H and O–H groups in total. The van der Waals surface area contributed by atoms with E-state index in [1.165, 1.54) is 13.0 Å². The minimum atomic E-state index is -4.52. The first-order chi connectivity index (χ1) is 8.24. The number of oxime groups is 1. The molecule has 9 heteroatoms. The van der Waals surface area contributed by atoms with Crippen molar-refractivity contribution in [3.05, 3.63) is 17.5 Å². The van der Waals surface area contributed by atoms with Crippen LogP contribution in [0.25, 0.3) is 0 Å². The second-order valence-electron chi connectivity index (χ2n) is 3.46. The summed E-state index contributed by atoms with van der Waals surface area (Å²) in [7, 11) is 0. The number of hydrogen-bond acceptors (Lipinski definition) is 5. The van der Waals surface area contributed by atoms with Crippen molar-refractivity contribution >= 4 is 5.84 Å². The lowest BCUT2D eigenvalue weighted by Gasteiger charge is -2.16. The Kier molecular flexibility index (Phi) is 3.94. The summed E-state index contributed by atoms with van der Waals surface area (Å²) in [5.74, 6) is -0.343. The van der Waals surface area contributed by atoms with Gasteiger partial charge in [0.2, 0.25) is 0 Å². The van der Waals surface area contributed by atoms with Crippen molar-refractivity contribution in [3.8, 4) is 6.01 Å². The molecule has 100 valence electrons. The van der Waals surface area contributed by atoms with Gasteiger partial charge < -0.3 is 15.7 Å². The molecule has 6 nitrogen and oxygen atoms in total. The van der Waals surface area contributed by atoms with Gasteiger partial charge in [-0.15, -0.1) is 0 Å². The van der Waals surface area contributed by atoms with Crippen LogP contribution >= 0.6 is 0 Å². The second-order valence-corrected chi connectivity index (χ2v) is 3.46. The molecule has 1 aromatic heterocycles. The van der Waals surface area contributed by atoms with Crippen LogP contribution < -0.4 is 10.5 Å². The van der Waals surface area contributed by atoms with Crippen molar-refractivity contribution in [1.29, 1.82) is 0 Å². The topological polar surface area (TPSA) is 93.6 Å². The Labute approximate surface area is 100 Å². The van der Waals surface area contributed by atoms with Gasteiger partial charge in [-0.25, -0.2) is 4.98 Å². The summed E-state index contributed by atoms with van der Waals surface area (Å²) in [6.07, 6.45) is -6.58. The zero-order valence-corrected chi connectivity index (χ0v) is 9.56. The quantitative estimate of drug-likeness (QED) is 0.370. The normalized spacial score (nSPS) is 14.4. The first kappa shape index (κ1) is 14.0. The summed E-state index contributed by atoms with van der Waals surface area (Å²) in [6, 6.07) is 0.863. The van der Waals surface area contributed by atoms with E-state index in [0.29, 0.717) is 5.69 Å². The van der Waals surface area contributed by atoms with Crippen LogP contribution in [0.15, 0.2) is 11.2 Å². The molecule has 1 atom stereocenters. The van der Waals surface area contributed by atoms with Gasteiger partial charge in [0.1, 0.15) is 5.69 Å². The lowest BCUT2D eigenvalue weighted by molar-refractivity contribution is -0.190. The van der Waals surface area contributed by atoms with Crippen molar-refractivity contribution < 1.29 is 23.1 Å². The van der Waals surface area contributed by atoms with E-state index in [4.69, 9.17) is 10.9 Å². The molecule has 0 bridgehead atoms. The third kappa shape index (κ3) is 3.47. The van der Waals surface area contributed by atoms with E-state index in [1.54, 1.807) is 0 Å². The monoisotopic (exact) mass is 264 g/mol. The molecular weight excluding hydrogens is 253 g/mol. The molecule has 0 saturated heterocycles. The largest absolute Gasteiger partial charge is 0.451 e. The molecule has 0 aliphatic carbocycles. The Morgan fingerprint density at radius 3 is 2.61 bits per heavy atom. The van der Waals surface area contributed by atoms with Crippen LogP contribution in [0.2, 0.25) is 0 Å². The van der Waals surface area contributed by atoms with E-state index in [0.717, 1.165) is 6.92 Å². The first-order valence-corrected chi connectivity index (χ1v) is 4.81. The average molecular weight is 264 g/mol. The maximum atomic E-state index is 12.3. The smallest absolute Gasteiger partial charge is 0.425 e. The van der Waals surface area contributed by atoms with Crippen molar-refractivity contribution in [1.82, 2.24) is 9.97 Å². The summed E-state index contributed by atoms with van der Waals surface area (Å²) < 4.78 is 41.4. The number of rotatable bonds is 3. The van der Waals surface area contributed by atoms with Crippen molar-refractivity contribution in [2.24, 2.45) is 10.9 Å². The van der Waals surface area contributed by atoms with Gasteiger partial charge in [-0.1, -0.05) is 5.16 Å². The van der Waals surface area contributed by atoms with Gasteiger partial charge in [-0.2, -0.15) is 18.2 Å². The third-order valence-electron chi connectivity index (χ3n) is 1.95. The SMILES string of the molecule is Cc1cc(/C(N)=N/O)nc(OC(C)C(F)(F)F)n1. The molecule has 1 rings (SSSR count). The number of nitrogens with zero attached hydrogens (tertiary/aromatic N) is 3. The molecule has 0 radical (unpaired) electrons. The Hall–Kier alpha value is -2.06. The minimum absolute atomic E-state index is 0.0191. The van der Waals surface area contributed by atoms with E-state index < -0.39 is 18.3 Å². The fourth-order valence-corrected chi connectivity index (χ4v) is 1.00. The minimum Gasteiger partial charge on any atom is -0.451 e. The highest BCUT2D eigenvalue weighted by Crippen LogP contribution is 2.23. The standard InChI is InChI=1S/C9H11F3N4O2/c1-4-3-6(7(13)16-17)15-8(14-4)18-5(2)9(10,11)12/h3,5,17H,1-2H3,(H2,13,16). The van der Waals surface area contributed by atoms with Gasteiger partial charge in [0, 0.05) is 5.69 Å². The van der Waals surface area contributed by atoms with Gasteiger partial charge in [0.25, 0.3) is 0 Å². The number of aryl methyl sites for hydroxylation is 1. The van der Waals surface area contributed by atoms with E-state index in [-0.39, 0.29) is 11.5 Å². The summed E-state index contributed by atoms with van der Waals surface area (Å²) in [5.41, 5.74) is 5.59. The molecular formula is C9H11F3N4O2. The fraction of sp³-hybridized carbons (Fsp3) is 0.444. The number of amidine groups is 1. The maximum absolute atomic E-state index is 12.3. The molecule has 0 saturated carbocycles. The Balaban J connectivity index is 3.01. The second kappa shape index (κ2) is 5.07. The predicted octanol–water partition coefficient (Wildman–Crippen LogP) is 1.21.